The summed E-state index contributed by atoms with van der Waals surface area (Å²) in [6.45, 7) is 9.80. The monoisotopic (exact) mass is 357 g/mol. The minimum absolute atomic E-state index is 0.0841. The van der Waals surface area contributed by atoms with E-state index in [9.17, 15) is 4.79 Å². The highest BCUT2D eigenvalue weighted by Gasteiger charge is 2.16. The third-order valence-corrected chi connectivity index (χ3v) is 5.78. The van der Waals surface area contributed by atoms with Crippen molar-refractivity contribution in [1.29, 1.82) is 0 Å². The number of piperazine rings is 1. The Balaban J connectivity index is 1.55. The molecule has 1 aromatic heterocycles. The van der Waals surface area contributed by atoms with E-state index in [0.717, 1.165) is 50.4 Å². The Morgan fingerprint density at radius 2 is 2.00 bits per heavy atom. The first-order valence-electron chi connectivity index (χ1n) is 9.06. The molecule has 4 nitrogen and oxygen atoms in total. The number of anilines is 2. The van der Waals surface area contributed by atoms with Crippen molar-refractivity contribution in [2.45, 2.75) is 26.7 Å². The molecule has 134 valence electrons. The van der Waals surface area contributed by atoms with E-state index < -0.39 is 0 Å². The van der Waals surface area contributed by atoms with Crippen LogP contribution >= 0.6 is 11.3 Å². The van der Waals surface area contributed by atoms with Crippen LogP contribution in [0.1, 0.15) is 23.8 Å². The highest BCUT2D eigenvalue weighted by molar-refractivity contribution is 7.09. The number of thiophene rings is 1. The number of amides is 1. The van der Waals surface area contributed by atoms with Gasteiger partial charge in [-0.05, 0) is 55.1 Å². The normalized spacial score (nSPS) is 15.4. The van der Waals surface area contributed by atoms with Crippen LogP contribution in [-0.4, -0.2) is 43.5 Å². The third-order valence-electron chi connectivity index (χ3n) is 4.85. The molecule has 1 aliphatic rings. The first kappa shape index (κ1) is 18.0. The van der Waals surface area contributed by atoms with Gasteiger partial charge < -0.3 is 15.1 Å². The van der Waals surface area contributed by atoms with Crippen LogP contribution in [0.3, 0.4) is 0 Å². The summed E-state index contributed by atoms with van der Waals surface area (Å²) in [5.41, 5.74) is 3.30. The number of hydrogen-bond acceptors (Lipinski definition) is 4. The van der Waals surface area contributed by atoms with E-state index in [-0.39, 0.29) is 5.91 Å². The van der Waals surface area contributed by atoms with Crippen molar-refractivity contribution in [1.82, 2.24) is 4.90 Å². The van der Waals surface area contributed by atoms with Crippen molar-refractivity contribution >= 4 is 28.6 Å². The maximum atomic E-state index is 12.2. The van der Waals surface area contributed by atoms with Crippen molar-refractivity contribution < 1.29 is 4.79 Å². The van der Waals surface area contributed by atoms with Crippen LogP contribution in [0.2, 0.25) is 0 Å². The average Bonchev–Trinajstić information content (AvgIpc) is 3.15. The van der Waals surface area contributed by atoms with E-state index in [1.54, 1.807) is 11.3 Å². The summed E-state index contributed by atoms with van der Waals surface area (Å²) in [5.74, 6) is 0.0841. The summed E-state index contributed by atoms with van der Waals surface area (Å²) >= 11 is 1.70. The standard InChI is InChI=1S/C20H27N3OS/c1-3-22-10-12-23(13-11-22)17-6-8-19(16(2)15-17)21-20(24)9-7-18-5-4-14-25-18/h4-6,8,14-15H,3,7,9-13H2,1-2H3,(H,21,24). The molecule has 0 radical (unpaired) electrons. The van der Waals surface area contributed by atoms with Gasteiger partial charge in [0.1, 0.15) is 0 Å². The van der Waals surface area contributed by atoms with E-state index in [2.05, 4.69) is 52.5 Å². The Morgan fingerprint density at radius 3 is 2.64 bits per heavy atom. The fourth-order valence-electron chi connectivity index (χ4n) is 3.21. The van der Waals surface area contributed by atoms with E-state index in [1.807, 2.05) is 12.1 Å². The van der Waals surface area contributed by atoms with Crippen molar-refractivity contribution in [2.24, 2.45) is 0 Å². The largest absolute Gasteiger partial charge is 0.369 e. The number of carbonyl (C=O) groups excluding carboxylic acids is 1. The molecule has 0 aliphatic carbocycles. The molecule has 0 bridgehead atoms. The smallest absolute Gasteiger partial charge is 0.224 e. The SMILES string of the molecule is CCN1CCN(c2ccc(NC(=O)CCc3cccs3)c(C)c2)CC1. The zero-order valence-electron chi connectivity index (χ0n) is 15.1. The van der Waals surface area contributed by atoms with Crippen LogP contribution < -0.4 is 10.2 Å². The van der Waals surface area contributed by atoms with E-state index in [0.29, 0.717) is 6.42 Å². The van der Waals surface area contributed by atoms with E-state index in [1.165, 1.54) is 10.6 Å². The number of hydrogen-bond donors (Lipinski definition) is 1. The van der Waals surface area contributed by atoms with Gasteiger partial charge in [-0.3, -0.25) is 4.79 Å². The second-order valence-corrected chi connectivity index (χ2v) is 7.58. The minimum atomic E-state index is 0.0841. The fraction of sp³-hybridized carbons (Fsp3) is 0.450. The molecule has 1 amide bonds. The highest BCUT2D eigenvalue weighted by atomic mass is 32.1. The first-order valence-corrected chi connectivity index (χ1v) is 9.94. The number of benzene rings is 1. The predicted octanol–water partition coefficient (Wildman–Crippen LogP) is 3.77. The van der Waals surface area contributed by atoms with Crippen molar-refractivity contribution in [2.75, 3.05) is 42.9 Å². The fourth-order valence-corrected chi connectivity index (χ4v) is 3.92. The maximum absolute atomic E-state index is 12.2. The van der Waals surface area contributed by atoms with Gasteiger partial charge in [-0.15, -0.1) is 11.3 Å². The highest BCUT2D eigenvalue weighted by Crippen LogP contribution is 2.24. The molecule has 2 heterocycles. The number of nitrogens with one attached hydrogen (secondary N) is 1. The number of carbonyl (C=O) groups is 1. The molecular formula is C20H27N3OS. The Kier molecular flexibility index (Phi) is 6.10. The van der Waals surface area contributed by atoms with Crippen LogP contribution in [0, 0.1) is 6.92 Å². The number of likely N-dealkylation sites (N-methyl/N-ethyl adjacent to an activating group) is 1. The summed E-state index contributed by atoms with van der Waals surface area (Å²) in [7, 11) is 0. The zero-order valence-corrected chi connectivity index (χ0v) is 15.9. The maximum Gasteiger partial charge on any atom is 0.224 e. The topological polar surface area (TPSA) is 35.6 Å². The second-order valence-electron chi connectivity index (χ2n) is 6.55. The average molecular weight is 358 g/mol. The summed E-state index contributed by atoms with van der Waals surface area (Å²) in [5, 5.41) is 5.11. The summed E-state index contributed by atoms with van der Waals surface area (Å²) in [4.78, 5) is 18.4. The Labute approximate surface area is 154 Å². The molecule has 1 fully saturated rings. The van der Waals surface area contributed by atoms with Crippen LogP contribution in [0.15, 0.2) is 35.7 Å². The van der Waals surface area contributed by atoms with E-state index >= 15 is 0 Å². The molecule has 1 N–H and O–H groups in total. The number of rotatable bonds is 6. The van der Waals surface area contributed by atoms with Crippen molar-refractivity contribution in [3.05, 3.63) is 46.2 Å². The molecule has 1 aliphatic heterocycles. The molecule has 5 heteroatoms. The molecule has 0 spiro atoms. The molecule has 1 aromatic carbocycles. The van der Waals surface area contributed by atoms with Gasteiger partial charge in [-0.25, -0.2) is 0 Å². The molecular weight excluding hydrogens is 330 g/mol. The van der Waals surface area contributed by atoms with Gasteiger partial charge in [-0.2, -0.15) is 0 Å². The second kappa shape index (κ2) is 8.50. The van der Waals surface area contributed by atoms with Crippen LogP contribution in [0.5, 0.6) is 0 Å². The lowest BCUT2D eigenvalue weighted by Gasteiger charge is -2.35. The van der Waals surface area contributed by atoms with Gasteiger partial charge in [0.2, 0.25) is 5.91 Å². The lowest BCUT2D eigenvalue weighted by molar-refractivity contribution is -0.116. The summed E-state index contributed by atoms with van der Waals surface area (Å²) < 4.78 is 0. The summed E-state index contributed by atoms with van der Waals surface area (Å²) in [6.07, 6.45) is 1.34. The quantitative estimate of drug-likeness (QED) is 0.855. The van der Waals surface area contributed by atoms with Gasteiger partial charge in [0.05, 0.1) is 0 Å². The lowest BCUT2D eigenvalue weighted by atomic mass is 10.1. The van der Waals surface area contributed by atoms with E-state index in [4.69, 9.17) is 0 Å². The molecule has 0 unspecified atom stereocenters. The molecule has 0 saturated carbocycles. The van der Waals surface area contributed by atoms with Crippen molar-refractivity contribution in [3.8, 4) is 0 Å². The van der Waals surface area contributed by atoms with Crippen LogP contribution in [-0.2, 0) is 11.2 Å². The van der Waals surface area contributed by atoms with Crippen LogP contribution in [0.25, 0.3) is 0 Å². The minimum Gasteiger partial charge on any atom is -0.369 e. The molecule has 1 saturated heterocycles. The van der Waals surface area contributed by atoms with Gasteiger partial charge in [0.25, 0.3) is 0 Å². The number of aryl methyl sites for hydroxylation is 2. The first-order chi connectivity index (χ1) is 12.2. The summed E-state index contributed by atoms with van der Waals surface area (Å²) in [6, 6.07) is 10.5. The van der Waals surface area contributed by atoms with Crippen molar-refractivity contribution in [3.63, 3.8) is 0 Å². The van der Waals surface area contributed by atoms with Gasteiger partial charge in [0, 0.05) is 48.9 Å². The molecule has 0 atom stereocenters. The van der Waals surface area contributed by atoms with Crippen LogP contribution in [0.4, 0.5) is 11.4 Å². The Hall–Kier alpha value is -1.85. The number of nitrogens with zero attached hydrogens (tertiary/aromatic N) is 2. The van der Waals surface area contributed by atoms with Gasteiger partial charge in [-0.1, -0.05) is 13.0 Å². The predicted molar refractivity (Wildman–Crippen MR) is 107 cm³/mol. The lowest BCUT2D eigenvalue weighted by Crippen LogP contribution is -2.46. The van der Waals surface area contributed by atoms with Gasteiger partial charge >= 0.3 is 0 Å². The molecule has 3 rings (SSSR count). The molecule has 2 aromatic rings. The molecule has 25 heavy (non-hydrogen) atoms. The Bertz CT molecular complexity index is 691. The third kappa shape index (κ3) is 4.83. The van der Waals surface area contributed by atoms with Gasteiger partial charge in [0.15, 0.2) is 0 Å². The Morgan fingerprint density at radius 1 is 1.20 bits per heavy atom. The zero-order chi connectivity index (χ0) is 17.6.